The van der Waals surface area contributed by atoms with E-state index in [0.717, 1.165) is 30.6 Å². The van der Waals surface area contributed by atoms with E-state index in [1.165, 1.54) is 31.7 Å². The van der Waals surface area contributed by atoms with E-state index in [1.807, 2.05) is 13.0 Å². The van der Waals surface area contributed by atoms with Gasteiger partial charge in [-0.3, -0.25) is 4.99 Å². The minimum atomic E-state index is -0.182. The molecule has 2 N–H and O–H groups in total. The average molecular weight is 277 g/mol. The first kappa shape index (κ1) is 14.8. The van der Waals surface area contributed by atoms with Gasteiger partial charge in [0.25, 0.3) is 0 Å². The zero-order chi connectivity index (χ0) is 14.4. The van der Waals surface area contributed by atoms with E-state index >= 15 is 0 Å². The molecule has 0 saturated carbocycles. The fourth-order valence-electron chi connectivity index (χ4n) is 2.63. The van der Waals surface area contributed by atoms with Crippen LogP contribution in [0.1, 0.15) is 36.8 Å². The summed E-state index contributed by atoms with van der Waals surface area (Å²) in [7, 11) is 0. The van der Waals surface area contributed by atoms with Gasteiger partial charge in [-0.1, -0.05) is 18.9 Å². The molecule has 0 radical (unpaired) electrons. The monoisotopic (exact) mass is 277 g/mol. The normalized spacial score (nSPS) is 17.1. The summed E-state index contributed by atoms with van der Waals surface area (Å²) >= 11 is 0. The summed E-state index contributed by atoms with van der Waals surface area (Å²) in [6, 6.07) is 4.91. The Kier molecular flexibility index (Phi) is 5.39. The molecule has 1 aromatic carbocycles. The van der Waals surface area contributed by atoms with Crippen molar-refractivity contribution in [3.63, 3.8) is 0 Å². The first-order valence-corrected chi connectivity index (χ1v) is 7.47. The third kappa shape index (κ3) is 4.22. The molecule has 0 aromatic heterocycles. The lowest BCUT2D eigenvalue weighted by atomic mass is 10.1. The summed E-state index contributed by atoms with van der Waals surface area (Å²) in [5.74, 6) is 0.477. The van der Waals surface area contributed by atoms with Gasteiger partial charge in [0.15, 0.2) is 5.96 Å². The van der Waals surface area contributed by atoms with Crippen LogP contribution in [0.15, 0.2) is 23.2 Å². The Morgan fingerprint density at radius 1 is 1.25 bits per heavy atom. The van der Waals surface area contributed by atoms with E-state index in [0.29, 0.717) is 12.5 Å². The zero-order valence-corrected chi connectivity index (χ0v) is 12.2. The maximum absolute atomic E-state index is 13.0. The number of aliphatic imine (C=N–C) groups is 1. The molecule has 1 aromatic rings. The van der Waals surface area contributed by atoms with E-state index in [2.05, 4.69) is 9.89 Å². The first-order valence-electron chi connectivity index (χ1n) is 7.47. The third-order valence-corrected chi connectivity index (χ3v) is 3.89. The zero-order valence-electron chi connectivity index (χ0n) is 12.2. The van der Waals surface area contributed by atoms with Crippen molar-refractivity contribution in [3.8, 4) is 0 Å². The second-order valence-electron chi connectivity index (χ2n) is 5.46. The number of rotatable bonds is 3. The van der Waals surface area contributed by atoms with E-state index in [1.54, 1.807) is 6.07 Å². The molecule has 0 unspecified atom stereocenters. The number of benzene rings is 1. The number of guanidine groups is 1. The minimum Gasteiger partial charge on any atom is -0.370 e. The van der Waals surface area contributed by atoms with E-state index in [4.69, 9.17) is 5.73 Å². The standard InChI is InChI=1S/C16H24FN3/c1-13-12-15(17)7-6-14(13)8-9-19-16(18)20-10-4-2-3-5-11-20/h6-7,12H,2-5,8-11H2,1H3,(H2,18,19). The van der Waals surface area contributed by atoms with Gasteiger partial charge in [-0.25, -0.2) is 4.39 Å². The summed E-state index contributed by atoms with van der Waals surface area (Å²) in [5.41, 5.74) is 8.18. The highest BCUT2D eigenvalue weighted by molar-refractivity contribution is 5.78. The van der Waals surface area contributed by atoms with Crippen molar-refractivity contribution < 1.29 is 4.39 Å². The molecule has 1 heterocycles. The van der Waals surface area contributed by atoms with Gasteiger partial charge < -0.3 is 10.6 Å². The predicted octanol–water partition coefficient (Wildman–Crippen LogP) is 2.87. The Bertz CT molecular complexity index is 463. The van der Waals surface area contributed by atoms with E-state index < -0.39 is 0 Å². The topological polar surface area (TPSA) is 41.6 Å². The van der Waals surface area contributed by atoms with E-state index in [-0.39, 0.29) is 5.82 Å². The number of nitrogens with zero attached hydrogens (tertiary/aromatic N) is 2. The molecule has 4 heteroatoms. The van der Waals surface area contributed by atoms with Crippen LogP contribution in [0, 0.1) is 12.7 Å². The Balaban J connectivity index is 1.88. The van der Waals surface area contributed by atoms with Crippen molar-refractivity contribution in [2.75, 3.05) is 19.6 Å². The number of likely N-dealkylation sites (tertiary alicyclic amines) is 1. The lowest BCUT2D eigenvalue weighted by molar-refractivity contribution is 0.428. The molecule has 0 aliphatic carbocycles. The summed E-state index contributed by atoms with van der Waals surface area (Å²) in [4.78, 5) is 6.66. The highest BCUT2D eigenvalue weighted by Gasteiger charge is 2.10. The van der Waals surface area contributed by atoms with Crippen molar-refractivity contribution in [3.05, 3.63) is 35.1 Å². The number of hydrogen-bond donors (Lipinski definition) is 1. The van der Waals surface area contributed by atoms with Gasteiger partial charge >= 0.3 is 0 Å². The number of nitrogens with two attached hydrogens (primary N) is 1. The molecule has 0 bridgehead atoms. The summed E-state index contributed by atoms with van der Waals surface area (Å²) < 4.78 is 13.0. The van der Waals surface area contributed by atoms with Crippen molar-refractivity contribution in [1.29, 1.82) is 0 Å². The van der Waals surface area contributed by atoms with Gasteiger partial charge in [0.05, 0.1) is 0 Å². The maximum Gasteiger partial charge on any atom is 0.191 e. The Morgan fingerprint density at radius 2 is 1.95 bits per heavy atom. The van der Waals surface area contributed by atoms with Crippen LogP contribution in [0.2, 0.25) is 0 Å². The van der Waals surface area contributed by atoms with Crippen molar-refractivity contribution >= 4 is 5.96 Å². The second-order valence-corrected chi connectivity index (χ2v) is 5.46. The van der Waals surface area contributed by atoms with Crippen molar-refractivity contribution in [2.45, 2.75) is 39.0 Å². The quantitative estimate of drug-likeness (QED) is 0.682. The fraction of sp³-hybridized carbons (Fsp3) is 0.562. The van der Waals surface area contributed by atoms with Gasteiger partial charge in [-0.15, -0.1) is 0 Å². The molecular weight excluding hydrogens is 253 g/mol. The molecule has 3 nitrogen and oxygen atoms in total. The number of hydrogen-bond acceptors (Lipinski definition) is 1. The SMILES string of the molecule is Cc1cc(F)ccc1CCN=C(N)N1CCCCCC1. The molecule has 2 rings (SSSR count). The van der Waals surface area contributed by atoms with Gasteiger partial charge in [0.1, 0.15) is 5.82 Å². The molecule has 1 aliphatic rings. The molecule has 1 fully saturated rings. The minimum absolute atomic E-state index is 0.182. The van der Waals surface area contributed by atoms with Gasteiger partial charge in [-0.2, -0.15) is 0 Å². The Labute approximate surface area is 120 Å². The maximum atomic E-state index is 13.0. The van der Waals surface area contributed by atoms with E-state index in [9.17, 15) is 4.39 Å². The molecule has 0 spiro atoms. The molecule has 110 valence electrons. The highest BCUT2D eigenvalue weighted by atomic mass is 19.1. The van der Waals surface area contributed by atoms with Crippen LogP contribution in [0.5, 0.6) is 0 Å². The molecule has 0 atom stereocenters. The average Bonchev–Trinajstić information content (AvgIpc) is 2.70. The first-order chi connectivity index (χ1) is 9.66. The van der Waals surface area contributed by atoms with Gasteiger partial charge in [0.2, 0.25) is 0 Å². The van der Waals surface area contributed by atoms with Crippen LogP contribution in [-0.2, 0) is 6.42 Å². The van der Waals surface area contributed by atoms with Crippen LogP contribution >= 0.6 is 0 Å². The second kappa shape index (κ2) is 7.27. The smallest absolute Gasteiger partial charge is 0.191 e. The highest BCUT2D eigenvalue weighted by Crippen LogP contribution is 2.11. The molecule has 1 saturated heterocycles. The third-order valence-electron chi connectivity index (χ3n) is 3.89. The summed E-state index contributed by atoms with van der Waals surface area (Å²) in [5, 5.41) is 0. The molecule has 20 heavy (non-hydrogen) atoms. The lowest BCUT2D eigenvalue weighted by Crippen LogP contribution is -2.38. The van der Waals surface area contributed by atoms with Crippen LogP contribution < -0.4 is 5.73 Å². The molecular formula is C16H24FN3. The van der Waals surface area contributed by atoms with Crippen LogP contribution in [0.4, 0.5) is 4.39 Å². The van der Waals surface area contributed by atoms with Crippen LogP contribution in [0.25, 0.3) is 0 Å². The molecule has 0 amide bonds. The van der Waals surface area contributed by atoms with Gasteiger partial charge in [0, 0.05) is 19.6 Å². The Morgan fingerprint density at radius 3 is 2.60 bits per heavy atom. The van der Waals surface area contributed by atoms with Gasteiger partial charge in [-0.05, 0) is 49.4 Å². The van der Waals surface area contributed by atoms with Crippen LogP contribution in [-0.4, -0.2) is 30.5 Å². The predicted molar refractivity (Wildman–Crippen MR) is 81.4 cm³/mol. The summed E-state index contributed by atoms with van der Waals surface area (Å²) in [6.45, 7) is 4.63. The van der Waals surface area contributed by atoms with Crippen molar-refractivity contribution in [2.24, 2.45) is 10.7 Å². The number of halogens is 1. The summed E-state index contributed by atoms with van der Waals surface area (Å²) in [6.07, 6.45) is 5.79. The fourth-order valence-corrected chi connectivity index (χ4v) is 2.63. The van der Waals surface area contributed by atoms with Crippen molar-refractivity contribution in [1.82, 2.24) is 4.90 Å². The number of aryl methyl sites for hydroxylation is 1. The Hall–Kier alpha value is -1.58. The van der Waals surface area contributed by atoms with Crippen LogP contribution in [0.3, 0.4) is 0 Å². The largest absolute Gasteiger partial charge is 0.370 e. The molecule has 1 aliphatic heterocycles. The lowest BCUT2D eigenvalue weighted by Gasteiger charge is -2.21.